The number of nitrogens with zero attached hydrogens (tertiary/aromatic N) is 2. The van der Waals surface area contributed by atoms with E-state index in [1.807, 2.05) is 4.68 Å². The van der Waals surface area contributed by atoms with Crippen LogP contribution in [0, 0.1) is 17.8 Å². The maximum Gasteiger partial charge on any atom is 0.252 e. The maximum atomic E-state index is 11.5. The number of carbonyl (C=O) groups excluding carboxylic acids is 1. The minimum Gasteiger partial charge on any atom is -0.365 e. The van der Waals surface area contributed by atoms with E-state index in [-0.39, 0.29) is 5.91 Å². The summed E-state index contributed by atoms with van der Waals surface area (Å²) in [7, 11) is 0. The van der Waals surface area contributed by atoms with E-state index in [0.29, 0.717) is 17.4 Å². The monoisotopic (exact) mass is 316 g/mol. The molecule has 5 heteroatoms. The first-order chi connectivity index (χ1) is 11.1. The molecule has 0 bridgehead atoms. The Kier molecular flexibility index (Phi) is 4.85. The fourth-order valence-electron chi connectivity index (χ4n) is 4.06. The van der Waals surface area contributed by atoms with Gasteiger partial charge in [-0.25, -0.2) is 0 Å². The van der Waals surface area contributed by atoms with E-state index in [1.165, 1.54) is 18.4 Å². The predicted octanol–water partition coefficient (Wildman–Crippen LogP) is 2.13. The average Bonchev–Trinajstić information content (AvgIpc) is 2.93. The number of fused-ring (bicyclic) bond motifs is 1. The quantitative estimate of drug-likeness (QED) is 0.817. The SMILES string of the molecule is CC1=CCC[C@H](C)[C@@H]1CNC[C@@H]1CCn2ncc(C(N)=O)c2C1. The largest absolute Gasteiger partial charge is 0.365 e. The van der Waals surface area contributed by atoms with Crippen LogP contribution in [0.1, 0.15) is 49.2 Å². The summed E-state index contributed by atoms with van der Waals surface area (Å²) in [6.45, 7) is 7.57. The molecule has 3 rings (SSSR count). The van der Waals surface area contributed by atoms with Crippen molar-refractivity contribution in [3.05, 3.63) is 29.1 Å². The van der Waals surface area contributed by atoms with Gasteiger partial charge in [0, 0.05) is 13.1 Å². The normalized spacial score (nSPS) is 27.4. The zero-order valence-corrected chi connectivity index (χ0v) is 14.2. The van der Waals surface area contributed by atoms with Crippen LogP contribution in [0.25, 0.3) is 0 Å². The minimum atomic E-state index is -0.364. The zero-order chi connectivity index (χ0) is 16.4. The second-order valence-electron chi connectivity index (χ2n) is 7.22. The smallest absolute Gasteiger partial charge is 0.252 e. The number of hydrogen-bond acceptors (Lipinski definition) is 3. The molecule has 1 aliphatic heterocycles. The van der Waals surface area contributed by atoms with E-state index in [0.717, 1.165) is 44.1 Å². The Morgan fingerprint density at radius 2 is 2.26 bits per heavy atom. The van der Waals surface area contributed by atoms with Crippen molar-refractivity contribution >= 4 is 5.91 Å². The lowest BCUT2D eigenvalue weighted by Crippen LogP contribution is -2.35. The van der Waals surface area contributed by atoms with Crippen molar-refractivity contribution < 1.29 is 4.79 Å². The number of allylic oxidation sites excluding steroid dienone is 1. The van der Waals surface area contributed by atoms with Crippen LogP contribution in [-0.4, -0.2) is 28.8 Å². The Hall–Kier alpha value is -1.62. The summed E-state index contributed by atoms with van der Waals surface area (Å²) in [4.78, 5) is 11.5. The Morgan fingerprint density at radius 3 is 3.00 bits per heavy atom. The van der Waals surface area contributed by atoms with Gasteiger partial charge in [0.2, 0.25) is 0 Å². The summed E-state index contributed by atoms with van der Waals surface area (Å²) in [5.74, 6) is 1.62. The van der Waals surface area contributed by atoms with Crippen molar-refractivity contribution in [1.82, 2.24) is 15.1 Å². The fraction of sp³-hybridized carbons (Fsp3) is 0.667. The summed E-state index contributed by atoms with van der Waals surface area (Å²) in [6.07, 6.45) is 8.53. The molecule has 126 valence electrons. The van der Waals surface area contributed by atoms with Gasteiger partial charge in [0.1, 0.15) is 0 Å². The summed E-state index contributed by atoms with van der Waals surface area (Å²) in [5, 5.41) is 7.94. The lowest BCUT2D eigenvalue weighted by molar-refractivity contribution is 0.0998. The number of amides is 1. The highest BCUT2D eigenvalue weighted by atomic mass is 16.1. The Morgan fingerprint density at radius 1 is 1.43 bits per heavy atom. The third-order valence-electron chi connectivity index (χ3n) is 5.60. The van der Waals surface area contributed by atoms with Crippen LogP contribution >= 0.6 is 0 Å². The number of nitrogens with two attached hydrogens (primary N) is 1. The van der Waals surface area contributed by atoms with Crippen molar-refractivity contribution in [1.29, 1.82) is 0 Å². The molecule has 3 atom stereocenters. The van der Waals surface area contributed by atoms with Crippen molar-refractivity contribution in [2.75, 3.05) is 13.1 Å². The zero-order valence-electron chi connectivity index (χ0n) is 14.2. The van der Waals surface area contributed by atoms with E-state index < -0.39 is 0 Å². The van der Waals surface area contributed by atoms with Crippen molar-refractivity contribution in [3.8, 4) is 0 Å². The standard InChI is InChI=1S/C18H28N4O/c1-12-4-3-5-13(2)15(12)10-20-9-14-6-7-22-17(8-14)16(11-21-22)18(19)23/h4,11,13-15,20H,3,5-10H2,1-2H3,(H2,19,23)/t13-,14+,15+/m0/s1. The highest BCUT2D eigenvalue weighted by Gasteiger charge is 2.25. The van der Waals surface area contributed by atoms with Gasteiger partial charge in [-0.1, -0.05) is 18.6 Å². The topological polar surface area (TPSA) is 72.9 Å². The molecule has 23 heavy (non-hydrogen) atoms. The van der Waals surface area contributed by atoms with Gasteiger partial charge < -0.3 is 11.1 Å². The summed E-state index contributed by atoms with van der Waals surface area (Å²) < 4.78 is 1.94. The molecule has 0 saturated heterocycles. The molecule has 0 saturated carbocycles. The van der Waals surface area contributed by atoms with E-state index in [9.17, 15) is 4.79 Å². The molecule has 3 N–H and O–H groups in total. The second kappa shape index (κ2) is 6.87. The van der Waals surface area contributed by atoms with Crippen LogP contribution in [0.4, 0.5) is 0 Å². The van der Waals surface area contributed by atoms with E-state index in [2.05, 4.69) is 30.3 Å². The number of aryl methyl sites for hydroxylation is 1. The lowest BCUT2D eigenvalue weighted by Gasteiger charge is -2.30. The summed E-state index contributed by atoms with van der Waals surface area (Å²) in [5.41, 5.74) is 8.58. The Balaban J connectivity index is 1.54. The Labute approximate surface area is 138 Å². The molecule has 2 aliphatic rings. The first-order valence-electron chi connectivity index (χ1n) is 8.78. The van der Waals surface area contributed by atoms with Gasteiger partial charge in [-0.15, -0.1) is 0 Å². The van der Waals surface area contributed by atoms with Crippen LogP contribution < -0.4 is 11.1 Å². The van der Waals surface area contributed by atoms with Gasteiger partial charge in [-0.2, -0.15) is 5.10 Å². The molecule has 0 fully saturated rings. The van der Waals surface area contributed by atoms with Crippen LogP contribution in [0.3, 0.4) is 0 Å². The first-order valence-corrected chi connectivity index (χ1v) is 8.78. The van der Waals surface area contributed by atoms with Crippen LogP contribution in [0.2, 0.25) is 0 Å². The van der Waals surface area contributed by atoms with E-state index >= 15 is 0 Å². The highest BCUT2D eigenvalue weighted by molar-refractivity contribution is 5.93. The molecule has 1 aromatic heterocycles. The summed E-state index contributed by atoms with van der Waals surface area (Å²) in [6, 6.07) is 0. The van der Waals surface area contributed by atoms with Gasteiger partial charge >= 0.3 is 0 Å². The van der Waals surface area contributed by atoms with Gasteiger partial charge in [0.15, 0.2) is 0 Å². The van der Waals surface area contributed by atoms with Gasteiger partial charge in [-0.05, 0) is 56.9 Å². The molecule has 0 aromatic carbocycles. The molecule has 5 nitrogen and oxygen atoms in total. The highest BCUT2D eigenvalue weighted by Crippen LogP contribution is 2.29. The number of aromatic nitrogens is 2. The number of hydrogen-bond donors (Lipinski definition) is 2. The molecule has 0 spiro atoms. The lowest BCUT2D eigenvalue weighted by atomic mass is 9.80. The fourth-order valence-corrected chi connectivity index (χ4v) is 4.06. The third-order valence-corrected chi connectivity index (χ3v) is 5.60. The second-order valence-corrected chi connectivity index (χ2v) is 7.22. The molecule has 0 unspecified atom stereocenters. The number of carbonyl (C=O) groups is 1. The van der Waals surface area contributed by atoms with E-state index in [1.54, 1.807) is 6.20 Å². The molecule has 1 amide bonds. The number of rotatable bonds is 5. The minimum absolute atomic E-state index is 0.364. The van der Waals surface area contributed by atoms with Gasteiger partial charge in [-0.3, -0.25) is 9.48 Å². The van der Waals surface area contributed by atoms with Crippen molar-refractivity contribution in [2.24, 2.45) is 23.5 Å². The van der Waals surface area contributed by atoms with Crippen molar-refractivity contribution in [3.63, 3.8) is 0 Å². The molecule has 1 aliphatic carbocycles. The molecule has 1 aromatic rings. The molecular weight excluding hydrogens is 288 g/mol. The number of primary amides is 1. The Bertz CT molecular complexity index is 604. The average molecular weight is 316 g/mol. The van der Waals surface area contributed by atoms with Gasteiger partial charge in [0.25, 0.3) is 5.91 Å². The van der Waals surface area contributed by atoms with Crippen LogP contribution in [-0.2, 0) is 13.0 Å². The predicted molar refractivity (Wildman–Crippen MR) is 91.1 cm³/mol. The van der Waals surface area contributed by atoms with Crippen LogP contribution in [0.15, 0.2) is 17.8 Å². The molecular formula is C18H28N4O. The van der Waals surface area contributed by atoms with Crippen LogP contribution in [0.5, 0.6) is 0 Å². The summed E-state index contributed by atoms with van der Waals surface area (Å²) >= 11 is 0. The number of nitrogens with one attached hydrogen (secondary N) is 1. The maximum absolute atomic E-state index is 11.5. The first kappa shape index (κ1) is 16.2. The third kappa shape index (κ3) is 3.50. The van der Waals surface area contributed by atoms with Crippen molar-refractivity contribution in [2.45, 2.75) is 46.1 Å². The molecule has 0 radical (unpaired) electrons. The van der Waals surface area contributed by atoms with Gasteiger partial charge in [0.05, 0.1) is 17.5 Å². The molecule has 2 heterocycles. The van der Waals surface area contributed by atoms with E-state index in [4.69, 9.17) is 5.73 Å².